The fourth-order valence-corrected chi connectivity index (χ4v) is 5.77. The summed E-state index contributed by atoms with van der Waals surface area (Å²) < 4.78 is 0. The van der Waals surface area contributed by atoms with Crippen molar-refractivity contribution in [2.24, 2.45) is 5.92 Å². The largest absolute Gasteiger partial charge is 0.392 e. The molecule has 5 nitrogen and oxygen atoms in total. The molecule has 2 N–H and O–H groups in total. The second kappa shape index (κ2) is 8.23. The van der Waals surface area contributed by atoms with Gasteiger partial charge in [-0.25, -0.2) is 4.98 Å². The average molecular weight is 380 g/mol. The van der Waals surface area contributed by atoms with E-state index in [2.05, 4.69) is 15.2 Å². The molecule has 1 aliphatic carbocycles. The maximum absolute atomic E-state index is 11.1. The Balaban J connectivity index is 1.29. The highest BCUT2D eigenvalue weighted by Gasteiger charge is 2.36. The summed E-state index contributed by atoms with van der Waals surface area (Å²) >= 11 is 1.65. The van der Waals surface area contributed by atoms with Crippen molar-refractivity contribution >= 4 is 11.3 Å². The van der Waals surface area contributed by atoms with Gasteiger partial charge in [0.1, 0.15) is 10.6 Å². The maximum Gasteiger partial charge on any atom is 0.110 e. The van der Waals surface area contributed by atoms with E-state index in [0.717, 1.165) is 68.6 Å². The van der Waals surface area contributed by atoms with Crippen molar-refractivity contribution in [2.45, 2.75) is 69.6 Å². The highest BCUT2D eigenvalue weighted by atomic mass is 32.1. The smallest absolute Gasteiger partial charge is 0.110 e. The summed E-state index contributed by atoms with van der Waals surface area (Å²) in [6.07, 6.45) is 9.26. The Bertz CT molecular complexity index is 579. The van der Waals surface area contributed by atoms with Gasteiger partial charge in [-0.3, -0.25) is 4.90 Å². The van der Waals surface area contributed by atoms with Gasteiger partial charge in [-0.1, -0.05) is 19.3 Å². The zero-order chi connectivity index (χ0) is 18.0. The molecule has 1 aromatic rings. The number of aliphatic hydroxyl groups excluding tert-OH is 1. The number of aliphatic hydroxyl groups is 2. The zero-order valence-corrected chi connectivity index (χ0v) is 16.6. The normalized spacial score (nSPS) is 28.6. The number of hydrogen-bond acceptors (Lipinski definition) is 6. The lowest BCUT2D eigenvalue weighted by Crippen LogP contribution is -2.44. The SMILES string of the molecule is OC1CCN(Cc2nc(C3(O)CCN(CC4CCCCC4)CC3)cs2)C1. The van der Waals surface area contributed by atoms with Crippen molar-refractivity contribution in [3.05, 3.63) is 16.1 Å². The summed E-state index contributed by atoms with van der Waals surface area (Å²) in [6.45, 7) is 5.67. The molecule has 1 atom stereocenters. The third kappa shape index (κ3) is 4.47. The van der Waals surface area contributed by atoms with Crippen LogP contribution in [-0.4, -0.2) is 63.8 Å². The predicted molar refractivity (Wildman–Crippen MR) is 104 cm³/mol. The predicted octanol–water partition coefficient (Wildman–Crippen LogP) is 2.57. The third-order valence-corrected chi connectivity index (χ3v) is 7.39. The summed E-state index contributed by atoms with van der Waals surface area (Å²) in [5.74, 6) is 0.872. The standard InChI is InChI=1S/C20H33N3O2S/c24-17-6-9-23(13-17)14-19-21-18(15-26-19)20(25)7-10-22(11-8-20)12-16-4-2-1-3-5-16/h15-17,24-25H,1-14H2. The minimum Gasteiger partial charge on any atom is -0.392 e. The molecule has 3 aliphatic rings. The highest BCUT2D eigenvalue weighted by Crippen LogP contribution is 2.35. The fraction of sp³-hybridized carbons (Fsp3) is 0.850. The van der Waals surface area contributed by atoms with Crippen molar-refractivity contribution in [3.8, 4) is 0 Å². The number of hydrogen-bond donors (Lipinski definition) is 2. The quantitative estimate of drug-likeness (QED) is 0.823. The molecule has 0 radical (unpaired) electrons. The van der Waals surface area contributed by atoms with Crippen LogP contribution in [0.4, 0.5) is 0 Å². The Hall–Kier alpha value is -0.530. The minimum atomic E-state index is -0.748. The summed E-state index contributed by atoms with van der Waals surface area (Å²) in [6, 6.07) is 0. The van der Waals surface area contributed by atoms with Gasteiger partial charge in [-0.05, 0) is 38.0 Å². The first-order chi connectivity index (χ1) is 12.6. The number of thiazole rings is 1. The van der Waals surface area contributed by atoms with Crippen LogP contribution in [0.1, 0.15) is 62.1 Å². The Labute approximate surface area is 161 Å². The van der Waals surface area contributed by atoms with E-state index >= 15 is 0 Å². The van der Waals surface area contributed by atoms with Gasteiger partial charge in [0, 0.05) is 38.1 Å². The number of β-amino-alcohol motifs (C(OH)–C–C–N with tert-alkyl or cyclic N) is 1. The van der Waals surface area contributed by atoms with Gasteiger partial charge in [0.15, 0.2) is 0 Å². The van der Waals surface area contributed by atoms with E-state index in [9.17, 15) is 10.2 Å². The van der Waals surface area contributed by atoms with E-state index in [0.29, 0.717) is 0 Å². The summed E-state index contributed by atoms with van der Waals surface area (Å²) in [5.41, 5.74) is 0.122. The van der Waals surface area contributed by atoms with Crippen molar-refractivity contribution in [2.75, 3.05) is 32.7 Å². The molecular formula is C20H33N3O2S. The second-order valence-corrected chi connectivity index (χ2v) is 9.58. The van der Waals surface area contributed by atoms with Crippen LogP contribution in [0.2, 0.25) is 0 Å². The highest BCUT2D eigenvalue weighted by molar-refractivity contribution is 7.09. The first-order valence-electron chi connectivity index (χ1n) is 10.4. The van der Waals surface area contributed by atoms with Crippen LogP contribution in [0.3, 0.4) is 0 Å². The van der Waals surface area contributed by atoms with E-state index in [1.54, 1.807) is 11.3 Å². The molecule has 146 valence electrons. The average Bonchev–Trinajstić information content (AvgIpc) is 3.28. The second-order valence-electron chi connectivity index (χ2n) is 8.64. The van der Waals surface area contributed by atoms with E-state index in [1.165, 1.54) is 38.6 Å². The Kier molecular flexibility index (Phi) is 5.96. The summed E-state index contributed by atoms with van der Waals surface area (Å²) in [4.78, 5) is 9.57. The molecule has 0 bridgehead atoms. The Morgan fingerprint density at radius 3 is 2.54 bits per heavy atom. The third-order valence-electron chi connectivity index (χ3n) is 6.56. The van der Waals surface area contributed by atoms with Gasteiger partial charge in [-0.2, -0.15) is 0 Å². The number of piperidine rings is 1. The molecule has 0 amide bonds. The lowest BCUT2D eigenvalue weighted by atomic mass is 9.86. The van der Waals surface area contributed by atoms with Gasteiger partial charge in [0.2, 0.25) is 0 Å². The van der Waals surface area contributed by atoms with Crippen molar-refractivity contribution in [1.29, 1.82) is 0 Å². The zero-order valence-electron chi connectivity index (χ0n) is 15.8. The van der Waals surface area contributed by atoms with Crippen molar-refractivity contribution in [1.82, 2.24) is 14.8 Å². The van der Waals surface area contributed by atoms with E-state index in [1.807, 2.05) is 0 Å². The molecule has 4 rings (SSSR count). The molecule has 3 heterocycles. The van der Waals surface area contributed by atoms with Crippen LogP contribution in [0, 0.1) is 5.92 Å². The van der Waals surface area contributed by atoms with Gasteiger partial charge in [0.25, 0.3) is 0 Å². The van der Waals surface area contributed by atoms with Crippen LogP contribution < -0.4 is 0 Å². The van der Waals surface area contributed by atoms with Crippen molar-refractivity contribution in [3.63, 3.8) is 0 Å². The molecule has 2 saturated heterocycles. The number of likely N-dealkylation sites (tertiary alicyclic amines) is 2. The fourth-order valence-electron chi connectivity index (χ4n) is 4.84. The van der Waals surface area contributed by atoms with Crippen LogP contribution in [-0.2, 0) is 12.1 Å². The van der Waals surface area contributed by atoms with E-state index in [4.69, 9.17) is 4.98 Å². The van der Waals surface area contributed by atoms with Crippen LogP contribution in [0.15, 0.2) is 5.38 Å². The maximum atomic E-state index is 11.1. The van der Waals surface area contributed by atoms with Gasteiger partial charge in [0.05, 0.1) is 18.3 Å². The Morgan fingerprint density at radius 1 is 1.08 bits per heavy atom. The van der Waals surface area contributed by atoms with Gasteiger partial charge in [-0.15, -0.1) is 11.3 Å². The van der Waals surface area contributed by atoms with E-state index in [-0.39, 0.29) is 6.10 Å². The molecule has 1 aromatic heterocycles. The van der Waals surface area contributed by atoms with Gasteiger partial charge >= 0.3 is 0 Å². The molecule has 1 saturated carbocycles. The molecule has 2 aliphatic heterocycles. The van der Waals surface area contributed by atoms with Crippen LogP contribution in [0.25, 0.3) is 0 Å². The monoisotopic (exact) mass is 379 g/mol. The molecule has 0 aromatic carbocycles. The molecule has 1 unspecified atom stereocenters. The molecule has 0 spiro atoms. The van der Waals surface area contributed by atoms with Crippen molar-refractivity contribution < 1.29 is 10.2 Å². The molecular weight excluding hydrogens is 346 g/mol. The topological polar surface area (TPSA) is 59.8 Å². The summed E-state index contributed by atoms with van der Waals surface area (Å²) in [7, 11) is 0. The lowest BCUT2D eigenvalue weighted by molar-refractivity contribution is -0.0327. The number of rotatable bonds is 5. The molecule has 3 fully saturated rings. The summed E-state index contributed by atoms with van der Waals surface area (Å²) in [5, 5.41) is 23.9. The minimum absolute atomic E-state index is 0.188. The lowest BCUT2D eigenvalue weighted by Gasteiger charge is -2.39. The van der Waals surface area contributed by atoms with E-state index < -0.39 is 5.60 Å². The van der Waals surface area contributed by atoms with Gasteiger partial charge < -0.3 is 15.1 Å². The molecule has 6 heteroatoms. The molecule has 26 heavy (non-hydrogen) atoms. The number of aromatic nitrogens is 1. The first kappa shape index (κ1) is 18.8. The number of nitrogens with zero attached hydrogens (tertiary/aromatic N) is 3. The Morgan fingerprint density at radius 2 is 1.85 bits per heavy atom. The van der Waals surface area contributed by atoms with Crippen LogP contribution in [0.5, 0.6) is 0 Å². The first-order valence-corrected chi connectivity index (χ1v) is 11.3. The van der Waals surface area contributed by atoms with Crippen LogP contribution >= 0.6 is 11.3 Å².